The quantitative estimate of drug-likeness (QED) is 0.506. The molecule has 152 valence electrons. The van der Waals surface area contributed by atoms with Crippen LogP contribution in [0.3, 0.4) is 0 Å². The van der Waals surface area contributed by atoms with Crippen molar-refractivity contribution in [3.05, 3.63) is 87.2 Å². The molecule has 7 heteroatoms. The summed E-state index contributed by atoms with van der Waals surface area (Å²) in [7, 11) is 0. The highest BCUT2D eigenvalue weighted by molar-refractivity contribution is 7.15. The molecule has 0 saturated carbocycles. The number of hydrogen-bond donors (Lipinski definition) is 1. The summed E-state index contributed by atoms with van der Waals surface area (Å²) < 4.78 is 1.71. The lowest BCUT2D eigenvalue weighted by molar-refractivity contribution is 0.102. The number of nitrogens with zero attached hydrogens (tertiary/aromatic N) is 4. The Bertz CT molecular complexity index is 1210. The van der Waals surface area contributed by atoms with E-state index in [-0.39, 0.29) is 5.91 Å². The van der Waals surface area contributed by atoms with Crippen molar-refractivity contribution in [1.29, 1.82) is 0 Å². The molecule has 2 aromatic heterocycles. The molecule has 1 amide bonds. The number of anilines is 1. The van der Waals surface area contributed by atoms with Crippen molar-refractivity contribution in [2.75, 3.05) is 5.32 Å². The third kappa shape index (κ3) is 4.02. The van der Waals surface area contributed by atoms with Crippen molar-refractivity contribution in [3.8, 4) is 5.69 Å². The van der Waals surface area contributed by atoms with Gasteiger partial charge in [0, 0.05) is 11.3 Å². The van der Waals surface area contributed by atoms with Crippen LogP contribution in [0.2, 0.25) is 0 Å². The number of carbonyl (C=O) groups excluding carboxylic acids is 1. The molecule has 0 aliphatic rings. The first-order valence-corrected chi connectivity index (χ1v) is 10.6. The lowest BCUT2D eigenvalue weighted by Crippen LogP contribution is -2.14. The van der Waals surface area contributed by atoms with E-state index in [4.69, 9.17) is 0 Å². The molecule has 0 bridgehead atoms. The summed E-state index contributed by atoms with van der Waals surface area (Å²) >= 11 is 1.49. The van der Waals surface area contributed by atoms with Gasteiger partial charge in [0.15, 0.2) is 10.8 Å². The molecule has 0 radical (unpaired) electrons. The fourth-order valence-corrected chi connectivity index (χ4v) is 4.29. The van der Waals surface area contributed by atoms with Crippen LogP contribution < -0.4 is 5.32 Å². The summed E-state index contributed by atoms with van der Waals surface area (Å²) in [6, 6.07) is 16.4. The normalized spacial score (nSPS) is 10.9. The van der Waals surface area contributed by atoms with E-state index in [1.54, 1.807) is 4.68 Å². The number of rotatable bonds is 5. The summed E-state index contributed by atoms with van der Waals surface area (Å²) in [6.45, 7) is 7.86. The van der Waals surface area contributed by atoms with E-state index in [0.29, 0.717) is 16.5 Å². The zero-order valence-corrected chi connectivity index (χ0v) is 18.2. The van der Waals surface area contributed by atoms with Gasteiger partial charge in [-0.15, -0.1) is 16.4 Å². The topological polar surface area (TPSA) is 72.7 Å². The van der Waals surface area contributed by atoms with Crippen molar-refractivity contribution in [1.82, 2.24) is 20.0 Å². The predicted octanol–water partition coefficient (Wildman–Crippen LogP) is 4.80. The second-order valence-corrected chi connectivity index (χ2v) is 8.45. The monoisotopic (exact) mass is 417 g/mol. The Morgan fingerprint density at radius 2 is 1.83 bits per heavy atom. The van der Waals surface area contributed by atoms with Crippen LogP contribution in [0.15, 0.2) is 48.5 Å². The van der Waals surface area contributed by atoms with Gasteiger partial charge in [-0.2, -0.15) is 0 Å². The fourth-order valence-electron chi connectivity index (χ4n) is 3.30. The zero-order valence-electron chi connectivity index (χ0n) is 17.4. The minimum absolute atomic E-state index is 0.299. The summed E-state index contributed by atoms with van der Waals surface area (Å²) in [5.41, 5.74) is 6.26. The molecular formula is C23H23N5OS. The Kier molecular flexibility index (Phi) is 5.46. The van der Waals surface area contributed by atoms with E-state index in [1.807, 2.05) is 58.0 Å². The highest BCUT2D eigenvalue weighted by Crippen LogP contribution is 2.26. The smallest absolute Gasteiger partial charge is 0.279 e. The molecule has 0 atom stereocenters. The van der Waals surface area contributed by atoms with Gasteiger partial charge < -0.3 is 0 Å². The molecule has 2 aromatic carbocycles. The first kappa shape index (κ1) is 20.0. The second-order valence-electron chi connectivity index (χ2n) is 7.37. The second kappa shape index (κ2) is 8.20. The number of aryl methyl sites for hydroxylation is 3. The zero-order chi connectivity index (χ0) is 21.3. The van der Waals surface area contributed by atoms with Gasteiger partial charge in [0.25, 0.3) is 5.91 Å². The van der Waals surface area contributed by atoms with Crippen molar-refractivity contribution < 1.29 is 4.79 Å². The van der Waals surface area contributed by atoms with Gasteiger partial charge in [0.05, 0.1) is 17.1 Å². The Balaban J connectivity index is 1.55. The maximum atomic E-state index is 12.9. The van der Waals surface area contributed by atoms with Crippen LogP contribution in [0.4, 0.5) is 5.13 Å². The predicted molar refractivity (Wildman–Crippen MR) is 120 cm³/mol. The fraction of sp³-hybridized carbons (Fsp3) is 0.217. The molecular weight excluding hydrogens is 394 g/mol. The number of hydrogen-bond acceptors (Lipinski definition) is 5. The maximum Gasteiger partial charge on any atom is 0.279 e. The van der Waals surface area contributed by atoms with Crippen molar-refractivity contribution in [3.63, 3.8) is 0 Å². The van der Waals surface area contributed by atoms with Crippen molar-refractivity contribution in [2.24, 2.45) is 0 Å². The van der Waals surface area contributed by atoms with Gasteiger partial charge in [-0.05, 0) is 50.5 Å². The Labute approximate surface area is 179 Å². The molecule has 30 heavy (non-hydrogen) atoms. The lowest BCUT2D eigenvalue weighted by atomic mass is 10.1. The van der Waals surface area contributed by atoms with Gasteiger partial charge in [-0.25, -0.2) is 9.67 Å². The van der Waals surface area contributed by atoms with Crippen LogP contribution in [0, 0.1) is 27.7 Å². The van der Waals surface area contributed by atoms with Gasteiger partial charge in [0.2, 0.25) is 0 Å². The minimum Gasteiger partial charge on any atom is -0.296 e. The van der Waals surface area contributed by atoms with Crippen molar-refractivity contribution in [2.45, 2.75) is 34.1 Å². The summed E-state index contributed by atoms with van der Waals surface area (Å²) in [4.78, 5) is 18.5. The van der Waals surface area contributed by atoms with Gasteiger partial charge >= 0.3 is 0 Å². The minimum atomic E-state index is -0.302. The number of nitrogens with one attached hydrogen (secondary N) is 1. The van der Waals surface area contributed by atoms with Crippen LogP contribution in [0.25, 0.3) is 5.69 Å². The molecule has 0 aliphatic carbocycles. The lowest BCUT2D eigenvalue weighted by Gasteiger charge is -2.08. The van der Waals surface area contributed by atoms with E-state index in [2.05, 4.69) is 38.8 Å². The third-order valence-electron chi connectivity index (χ3n) is 5.02. The van der Waals surface area contributed by atoms with Gasteiger partial charge in [-0.3, -0.25) is 10.1 Å². The number of aromatic nitrogens is 4. The van der Waals surface area contributed by atoms with E-state index in [0.717, 1.165) is 33.8 Å². The van der Waals surface area contributed by atoms with Crippen LogP contribution in [0.1, 0.15) is 43.4 Å². The number of thiazole rings is 1. The average molecular weight is 418 g/mol. The maximum absolute atomic E-state index is 12.9. The summed E-state index contributed by atoms with van der Waals surface area (Å²) in [5.74, 6) is -0.302. The molecule has 1 N–H and O–H groups in total. The van der Waals surface area contributed by atoms with Crippen LogP contribution >= 0.6 is 11.3 Å². The number of benzene rings is 2. The number of amides is 1. The van der Waals surface area contributed by atoms with Crippen LogP contribution in [0.5, 0.6) is 0 Å². The Hall–Kier alpha value is -3.32. The Morgan fingerprint density at radius 3 is 2.60 bits per heavy atom. The SMILES string of the molecule is Cc1ccc(C)c(-n2nnc(C(=O)Nc3nc(C)c(Cc4ccccc4)s3)c2C)c1. The highest BCUT2D eigenvalue weighted by Gasteiger charge is 2.20. The Morgan fingerprint density at radius 1 is 1.07 bits per heavy atom. The summed E-state index contributed by atoms with van der Waals surface area (Å²) in [5, 5.41) is 11.8. The van der Waals surface area contributed by atoms with Gasteiger partial charge in [-0.1, -0.05) is 47.7 Å². The molecule has 0 fully saturated rings. The van der Waals surface area contributed by atoms with Crippen LogP contribution in [-0.2, 0) is 6.42 Å². The van der Waals surface area contributed by atoms with Gasteiger partial charge in [0.1, 0.15) is 0 Å². The van der Waals surface area contributed by atoms with E-state index in [1.165, 1.54) is 16.9 Å². The number of carbonyl (C=O) groups is 1. The molecule has 4 rings (SSSR count). The standard InChI is InChI=1S/C23H23N5OS/c1-14-10-11-15(2)19(12-14)28-17(4)21(26-27-28)22(29)25-23-24-16(3)20(30-23)13-18-8-6-5-7-9-18/h5-12H,13H2,1-4H3,(H,24,25,29). The molecule has 2 heterocycles. The molecule has 0 saturated heterocycles. The highest BCUT2D eigenvalue weighted by atomic mass is 32.1. The van der Waals surface area contributed by atoms with E-state index < -0.39 is 0 Å². The first-order valence-electron chi connectivity index (χ1n) is 9.74. The largest absolute Gasteiger partial charge is 0.296 e. The summed E-state index contributed by atoms with van der Waals surface area (Å²) in [6.07, 6.45) is 0.794. The molecule has 6 nitrogen and oxygen atoms in total. The van der Waals surface area contributed by atoms with Crippen molar-refractivity contribution >= 4 is 22.4 Å². The first-order chi connectivity index (χ1) is 14.4. The molecule has 0 aliphatic heterocycles. The average Bonchev–Trinajstić information content (AvgIpc) is 3.27. The third-order valence-corrected chi connectivity index (χ3v) is 6.10. The molecule has 0 unspecified atom stereocenters. The van der Waals surface area contributed by atoms with E-state index >= 15 is 0 Å². The molecule has 0 spiro atoms. The van der Waals surface area contributed by atoms with E-state index in [9.17, 15) is 4.79 Å². The molecule has 4 aromatic rings. The van der Waals surface area contributed by atoms with Crippen LogP contribution in [-0.4, -0.2) is 25.9 Å².